The summed E-state index contributed by atoms with van der Waals surface area (Å²) in [5, 5.41) is 14.5. The largest absolute Gasteiger partial charge is 0.497 e. The Bertz CT molecular complexity index is 1040. The number of aliphatic hydroxyl groups is 1. The van der Waals surface area contributed by atoms with Crippen LogP contribution in [0.5, 0.6) is 11.5 Å². The van der Waals surface area contributed by atoms with Crippen molar-refractivity contribution in [3.63, 3.8) is 0 Å². The molecule has 1 aliphatic rings. The normalized spacial score (nSPS) is 19.1. The average Bonchev–Trinajstić information content (AvgIpc) is 2.85. The van der Waals surface area contributed by atoms with E-state index in [2.05, 4.69) is 10.6 Å². The fourth-order valence-electron chi connectivity index (χ4n) is 3.82. The molecule has 0 radical (unpaired) electrons. The van der Waals surface area contributed by atoms with Crippen molar-refractivity contribution in [3.8, 4) is 22.6 Å². The Morgan fingerprint density at radius 2 is 2.00 bits per heavy atom. The number of nitrogens with one attached hydrogen (secondary N) is 2. The molecule has 2 atom stereocenters. The van der Waals surface area contributed by atoms with Gasteiger partial charge in [0.25, 0.3) is 5.91 Å². The zero-order valence-corrected chi connectivity index (χ0v) is 19.7. The van der Waals surface area contributed by atoms with E-state index < -0.39 is 11.9 Å². The van der Waals surface area contributed by atoms with Crippen molar-refractivity contribution in [2.24, 2.45) is 0 Å². The van der Waals surface area contributed by atoms with E-state index in [1.165, 1.54) is 11.9 Å². The third kappa shape index (κ3) is 6.05. The van der Waals surface area contributed by atoms with E-state index in [1.54, 1.807) is 37.4 Å². The second kappa shape index (κ2) is 11.5. The minimum atomic E-state index is -0.877. The van der Waals surface area contributed by atoms with Gasteiger partial charge in [0.05, 0.1) is 19.8 Å². The lowest BCUT2D eigenvalue weighted by Crippen LogP contribution is -2.49. The van der Waals surface area contributed by atoms with E-state index in [0.717, 1.165) is 11.1 Å². The van der Waals surface area contributed by atoms with Crippen LogP contribution in [0.4, 0.5) is 0 Å². The summed E-state index contributed by atoms with van der Waals surface area (Å²) in [7, 11) is 3.11. The fraction of sp³-hybridized carbons (Fsp3) is 0.400. The lowest BCUT2D eigenvalue weighted by Gasteiger charge is -2.27. The molecule has 0 aromatic heterocycles. The van der Waals surface area contributed by atoms with Gasteiger partial charge in [-0.25, -0.2) is 0 Å². The van der Waals surface area contributed by atoms with E-state index in [-0.39, 0.29) is 50.5 Å². The molecule has 9 heteroatoms. The standard InChI is InChI=1S/C25H31N3O6/c1-16-15-34-22-9-7-19(33-3)14-20(22)17-5-4-6-18(13-17)25(32)28(2)21(8-10-23(30)27-16)24(31)26-11-12-29/h4-7,9,13-14,16,21,29H,8,10-12,15H2,1-3H3,(H,26,31)(H,27,30). The Kier molecular flexibility index (Phi) is 8.48. The molecule has 0 spiro atoms. The second-order valence-electron chi connectivity index (χ2n) is 8.21. The highest BCUT2D eigenvalue weighted by Crippen LogP contribution is 2.34. The van der Waals surface area contributed by atoms with E-state index in [1.807, 2.05) is 19.1 Å². The predicted octanol–water partition coefficient (Wildman–Crippen LogP) is 1.59. The van der Waals surface area contributed by atoms with Gasteiger partial charge in [0, 0.05) is 31.1 Å². The molecular formula is C25H31N3O6. The first-order chi connectivity index (χ1) is 16.3. The summed E-state index contributed by atoms with van der Waals surface area (Å²) in [6.45, 7) is 1.91. The molecular weight excluding hydrogens is 438 g/mol. The summed E-state index contributed by atoms with van der Waals surface area (Å²) in [6.07, 6.45) is 0.184. The summed E-state index contributed by atoms with van der Waals surface area (Å²) < 4.78 is 11.4. The van der Waals surface area contributed by atoms with Crippen LogP contribution in [0.1, 0.15) is 30.1 Å². The number of benzene rings is 2. The van der Waals surface area contributed by atoms with Crippen molar-refractivity contribution in [2.75, 3.05) is 33.9 Å². The Balaban J connectivity index is 2.04. The number of methoxy groups -OCH3 is 1. The van der Waals surface area contributed by atoms with Crippen molar-refractivity contribution in [3.05, 3.63) is 48.0 Å². The average molecular weight is 470 g/mol. The lowest BCUT2D eigenvalue weighted by molar-refractivity contribution is -0.126. The van der Waals surface area contributed by atoms with Crippen LogP contribution in [-0.2, 0) is 9.59 Å². The molecule has 3 rings (SSSR count). The maximum absolute atomic E-state index is 13.3. The van der Waals surface area contributed by atoms with E-state index in [0.29, 0.717) is 17.1 Å². The quantitative estimate of drug-likeness (QED) is 0.626. The number of rotatable bonds is 4. The number of nitrogens with zero attached hydrogens (tertiary/aromatic N) is 1. The number of carbonyl (C=O) groups is 3. The Morgan fingerprint density at radius 3 is 2.74 bits per heavy atom. The molecule has 0 saturated heterocycles. The smallest absolute Gasteiger partial charge is 0.254 e. The first-order valence-corrected chi connectivity index (χ1v) is 11.2. The molecule has 2 bridgehead atoms. The third-order valence-corrected chi connectivity index (χ3v) is 5.65. The summed E-state index contributed by atoms with van der Waals surface area (Å²) in [6, 6.07) is 11.3. The van der Waals surface area contributed by atoms with Gasteiger partial charge < -0.3 is 30.1 Å². The van der Waals surface area contributed by atoms with Crippen LogP contribution >= 0.6 is 0 Å². The van der Waals surface area contributed by atoms with Gasteiger partial charge in [0.15, 0.2) is 0 Å². The third-order valence-electron chi connectivity index (χ3n) is 5.65. The molecule has 3 N–H and O–H groups in total. The fourth-order valence-corrected chi connectivity index (χ4v) is 3.82. The first-order valence-electron chi connectivity index (χ1n) is 11.2. The molecule has 1 heterocycles. The number of fused-ring (bicyclic) bond motifs is 4. The van der Waals surface area contributed by atoms with Crippen LogP contribution in [0.2, 0.25) is 0 Å². The Morgan fingerprint density at radius 1 is 1.24 bits per heavy atom. The molecule has 2 aromatic carbocycles. The molecule has 34 heavy (non-hydrogen) atoms. The van der Waals surface area contributed by atoms with Gasteiger partial charge in [0.2, 0.25) is 11.8 Å². The number of amides is 3. The topological polar surface area (TPSA) is 117 Å². The Labute approximate surface area is 199 Å². The van der Waals surface area contributed by atoms with Crippen molar-refractivity contribution in [2.45, 2.75) is 31.8 Å². The number of aliphatic hydroxyl groups excluding tert-OH is 1. The number of likely N-dealkylation sites (N-methyl/N-ethyl adjacent to an activating group) is 1. The maximum Gasteiger partial charge on any atom is 0.254 e. The number of hydrogen-bond donors (Lipinski definition) is 3. The van der Waals surface area contributed by atoms with Gasteiger partial charge in [-0.1, -0.05) is 12.1 Å². The van der Waals surface area contributed by atoms with Crippen LogP contribution in [0.15, 0.2) is 42.5 Å². The highest BCUT2D eigenvalue weighted by molar-refractivity contribution is 5.98. The minimum absolute atomic E-state index is 0.0486. The minimum Gasteiger partial charge on any atom is -0.497 e. The summed E-state index contributed by atoms with van der Waals surface area (Å²) in [4.78, 5) is 40.0. The van der Waals surface area contributed by atoms with Gasteiger partial charge in [-0.15, -0.1) is 0 Å². The van der Waals surface area contributed by atoms with Gasteiger partial charge in [0.1, 0.15) is 24.1 Å². The summed E-state index contributed by atoms with van der Waals surface area (Å²) in [5.41, 5.74) is 1.88. The molecule has 2 unspecified atom stereocenters. The predicted molar refractivity (Wildman–Crippen MR) is 127 cm³/mol. The summed E-state index contributed by atoms with van der Waals surface area (Å²) >= 11 is 0. The van der Waals surface area contributed by atoms with Crippen LogP contribution in [0.25, 0.3) is 11.1 Å². The number of carbonyl (C=O) groups excluding carboxylic acids is 3. The van der Waals surface area contributed by atoms with Crippen LogP contribution in [0, 0.1) is 0 Å². The maximum atomic E-state index is 13.3. The van der Waals surface area contributed by atoms with Crippen molar-refractivity contribution >= 4 is 17.7 Å². The SMILES string of the molecule is COc1ccc2c(c1)-c1cccc(c1)C(=O)N(C)C(C(=O)NCCO)CCC(=O)NC(C)CO2. The van der Waals surface area contributed by atoms with Gasteiger partial charge in [-0.2, -0.15) is 0 Å². The highest BCUT2D eigenvalue weighted by Gasteiger charge is 2.28. The van der Waals surface area contributed by atoms with Crippen molar-refractivity contribution in [1.29, 1.82) is 0 Å². The highest BCUT2D eigenvalue weighted by atomic mass is 16.5. The Hall–Kier alpha value is -3.59. The van der Waals surface area contributed by atoms with Crippen LogP contribution in [-0.4, -0.2) is 73.7 Å². The van der Waals surface area contributed by atoms with Crippen molar-refractivity contribution in [1.82, 2.24) is 15.5 Å². The molecule has 0 saturated carbocycles. The van der Waals surface area contributed by atoms with Gasteiger partial charge in [-0.3, -0.25) is 14.4 Å². The molecule has 9 nitrogen and oxygen atoms in total. The van der Waals surface area contributed by atoms with Crippen molar-refractivity contribution < 1.29 is 29.0 Å². The number of ether oxygens (including phenoxy) is 2. The molecule has 182 valence electrons. The second-order valence-corrected chi connectivity index (χ2v) is 8.21. The number of hydrogen-bond acceptors (Lipinski definition) is 6. The van der Waals surface area contributed by atoms with E-state index >= 15 is 0 Å². The zero-order chi connectivity index (χ0) is 24.7. The summed E-state index contributed by atoms with van der Waals surface area (Å²) in [5.74, 6) is 0.194. The van der Waals surface area contributed by atoms with Gasteiger partial charge in [-0.05, 0) is 49.2 Å². The molecule has 0 fully saturated rings. The molecule has 3 amide bonds. The first kappa shape index (κ1) is 25.0. The molecule has 1 aliphatic heterocycles. The molecule has 2 aromatic rings. The van der Waals surface area contributed by atoms with E-state index in [4.69, 9.17) is 14.6 Å². The van der Waals surface area contributed by atoms with Gasteiger partial charge >= 0.3 is 0 Å². The monoisotopic (exact) mass is 469 g/mol. The lowest BCUT2D eigenvalue weighted by atomic mass is 10.0. The molecule has 0 aliphatic carbocycles. The van der Waals surface area contributed by atoms with Crippen LogP contribution < -0.4 is 20.1 Å². The van der Waals surface area contributed by atoms with E-state index in [9.17, 15) is 14.4 Å². The van der Waals surface area contributed by atoms with Crippen LogP contribution in [0.3, 0.4) is 0 Å². The zero-order valence-electron chi connectivity index (χ0n) is 19.7.